The number of sulfone groups is 1. The lowest BCUT2D eigenvalue weighted by molar-refractivity contribution is -0.139. The minimum absolute atomic E-state index is 0.0632. The highest BCUT2D eigenvalue weighted by Crippen LogP contribution is 2.37. The van der Waals surface area contributed by atoms with E-state index in [4.69, 9.17) is 14.2 Å². The molecular weight excluding hydrogens is 871 g/mol. The van der Waals surface area contributed by atoms with Gasteiger partial charge < -0.3 is 29.5 Å². The van der Waals surface area contributed by atoms with Crippen LogP contribution < -0.4 is 10.3 Å². The first-order valence-electron chi connectivity index (χ1n) is 21.5. The number of anilines is 2. The van der Waals surface area contributed by atoms with E-state index >= 15 is 0 Å². The molecule has 1 heterocycles. The van der Waals surface area contributed by atoms with Crippen LogP contribution in [-0.4, -0.2) is 96.8 Å². The fraction of sp³-hybridized carbons (Fsp3) is 0.447. The molecule has 1 saturated carbocycles. The number of hydrazine groups is 1. The van der Waals surface area contributed by atoms with Crippen LogP contribution in [-0.2, 0) is 46.6 Å². The Balaban J connectivity index is 1.43. The van der Waals surface area contributed by atoms with Crippen molar-refractivity contribution in [1.82, 2.24) is 14.9 Å². The normalized spacial score (nSPS) is 13.6. The molecule has 18 heteroatoms. The van der Waals surface area contributed by atoms with E-state index in [9.17, 15) is 37.5 Å². The highest BCUT2D eigenvalue weighted by atomic mass is 32.2. The first-order chi connectivity index (χ1) is 30.2. The second-order valence-corrected chi connectivity index (χ2v) is 27.2. The summed E-state index contributed by atoms with van der Waals surface area (Å²) in [5.74, 6) is -1.83. The fourth-order valence-electron chi connectivity index (χ4n) is 6.73. The van der Waals surface area contributed by atoms with Crippen molar-refractivity contribution in [2.75, 3.05) is 24.0 Å². The third-order valence-electron chi connectivity index (χ3n) is 10.0. The fourth-order valence-corrected chi connectivity index (χ4v) is 9.31. The lowest BCUT2D eigenvalue weighted by Gasteiger charge is -2.39. The molecule has 350 valence electrons. The summed E-state index contributed by atoms with van der Waals surface area (Å²) < 4.78 is 43.7. The number of amides is 4. The number of hydrogen-bond donors (Lipinski definition) is 2. The Morgan fingerprint density at radius 1 is 0.862 bits per heavy atom. The number of hydrogen-bond acceptors (Lipinski definition) is 12. The Morgan fingerprint density at radius 3 is 2.12 bits per heavy atom. The van der Waals surface area contributed by atoms with E-state index in [0.717, 1.165) is 16.4 Å². The monoisotopic (exact) mass is 931 g/mol. The Kier molecular flexibility index (Phi) is 15.4. The van der Waals surface area contributed by atoms with E-state index in [-0.39, 0.29) is 42.1 Å². The number of imide groups is 1. The molecule has 1 unspecified atom stereocenters. The molecule has 0 spiro atoms. The molecule has 1 aliphatic rings. The Hall–Kier alpha value is -6.01. The second-order valence-electron chi connectivity index (χ2n) is 19.4. The van der Waals surface area contributed by atoms with E-state index in [1.54, 1.807) is 109 Å². The summed E-state index contributed by atoms with van der Waals surface area (Å²) in [5, 5.41) is 16.3. The molecule has 4 aromatic rings. The van der Waals surface area contributed by atoms with Crippen molar-refractivity contribution in [3.8, 4) is 0 Å². The molecule has 3 aromatic carbocycles. The Labute approximate surface area is 382 Å². The molecule has 0 saturated heterocycles. The van der Waals surface area contributed by atoms with Crippen LogP contribution >= 0.6 is 0 Å². The van der Waals surface area contributed by atoms with Gasteiger partial charge >= 0.3 is 24.2 Å². The van der Waals surface area contributed by atoms with Gasteiger partial charge in [0.25, 0.3) is 0 Å². The van der Waals surface area contributed by atoms with Crippen LogP contribution in [0, 0.1) is 0 Å². The average molecular weight is 932 g/mol. The SMILES string of the molecule is CN(Cc1cc(NC(=O)CCc2cccc(C(C(=O)O)N(c3ccc4cnccc4c3)N(C(=O)OC(C)(C)C)C(=O)OC(C)(C)C)c2)ccc1S(=O)(=O)C1CC1)C(=O)OCC[Si](C)(C)C. The number of fused-ring (bicyclic) bond motifs is 1. The zero-order valence-electron chi connectivity index (χ0n) is 38.8. The van der Waals surface area contributed by atoms with E-state index in [2.05, 4.69) is 29.9 Å². The summed E-state index contributed by atoms with van der Waals surface area (Å²) in [5.41, 5.74) is -0.633. The quantitative estimate of drug-likeness (QED) is 0.0612. The van der Waals surface area contributed by atoms with E-state index in [1.165, 1.54) is 24.1 Å². The van der Waals surface area contributed by atoms with Crippen molar-refractivity contribution >= 4 is 70.2 Å². The number of carboxylic acid groups (broad SMARTS) is 1. The summed E-state index contributed by atoms with van der Waals surface area (Å²) >= 11 is 0. The van der Waals surface area contributed by atoms with Crippen molar-refractivity contribution in [3.63, 3.8) is 0 Å². The van der Waals surface area contributed by atoms with Gasteiger partial charge in [-0.2, -0.15) is 0 Å². The van der Waals surface area contributed by atoms with Gasteiger partial charge in [-0.1, -0.05) is 50.0 Å². The highest BCUT2D eigenvalue weighted by molar-refractivity contribution is 7.92. The zero-order valence-corrected chi connectivity index (χ0v) is 40.7. The first-order valence-corrected chi connectivity index (χ1v) is 26.7. The van der Waals surface area contributed by atoms with Crippen LogP contribution in [0.3, 0.4) is 0 Å². The lowest BCUT2D eigenvalue weighted by atomic mass is 10.00. The van der Waals surface area contributed by atoms with E-state index in [0.29, 0.717) is 40.1 Å². The molecule has 1 fully saturated rings. The topological polar surface area (TPSA) is 202 Å². The summed E-state index contributed by atoms with van der Waals surface area (Å²) in [6.45, 7) is 16.4. The predicted molar refractivity (Wildman–Crippen MR) is 250 cm³/mol. The number of aliphatic carboxylic acids is 1. The van der Waals surface area contributed by atoms with E-state index in [1.807, 2.05) is 0 Å². The van der Waals surface area contributed by atoms with Crippen LogP contribution in [0.25, 0.3) is 10.8 Å². The number of benzene rings is 3. The molecule has 1 aliphatic carbocycles. The van der Waals surface area contributed by atoms with Gasteiger partial charge in [0.1, 0.15) is 11.2 Å². The van der Waals surface area contributed by atoms with Gasteiger partial charge in [-0.05, 0) is 125 Å². The van der Waals surface area contributed by atoms with Crippen molar-refractivity contribution in [1.29, 1.82) is 0 Å². The van der Waals surface area contributed by atoms with Crippen LogP contribution in [0.2, 0.25) is 25.7 Å². The standard InChI is InChI=1S/C47H61N5O11SSi/c1-46(2,3)62-44(57)52(45(58)63-47(4,5)6)51(37-17-15-34-29-48-23-22-32(34)28-37)41(42(54)55)33-13-11-12-31(26-33)14-21-40(53)49-36-16-20-39(64(59,60)38-18-19-38)35(27-36)30-50(7)43(56)61-24-25-65(8,9)10/h11-13,15-17,20,22-23,26-29,38,41H,14,18-19,21,24-25,30H2,1-10H3,(H,49,53)(H,54,55). The van der Waals surface area contributed by atoms with Crippen LogP contribution in [0.15, 0.2) is 84.0 Å². The smallest absolute Gasteiger partial charge is 0.439 e. The van der Waals surface area contributed by atoms with Crippen molar-refractivity contribution in [2.45, 2.75) is 127 Å². The zero-order chi connectivity index (χ0) is 48.1. The van der Waals surface area contributed by atoms with Gasteiger partial charge in [-0.3, -0.25) is 14.8 Å². The summed E-state index contributed by atoms with van der Waals surface area (Å²) in [7, 11) is -3.60. The molecule has 0 bridgehead atoms. The molecule has 5 rings (SSSR count). The third kappa shape index (κ3) is 14.0. The molecule has 65 heavy (non-hydrogen) atoms. The number of pyridine rings is 1. The predicted octanol–water partition coefficient (Wildman–Crippen LogP) is 9.37. The van der Waals surface area contributed by atoms with Crippen LogP contribution in [0.5, 0.6) is 0 Å². The van der Waals surface area contributed by atoms with Gasteiger partial charge in [0.15, 0.2) is 15.9 Å². The molecule has 4 amide bonds. The van der Waals surface area contributed by atoms with Crippen molar-refractivity contribution < 1.29 is 51.7 Å². The molecule has 16 nitrogen and oxygen atoms in total. The number of aryl methyl sites for hydroxylation is 1. The molecule has 1 atom stereocenters. The van der Waals surface area contributed by atoms with Crippen molar-refractivity contribution in [2.24, 2.45) is 0 Å². The third-order valence-corrected chi connectivity index (χ3v) is 14.1. The van der Waals surface area contributed by atoms with Crippen molar-refractivity contribution in [3.05, 3.63) is 95.8 Å². The minimum atomic E-state index is -3.67. The molecule has 2 N–H and O–H groups in total. The maximum Gasteiger partial charge on any atom is 0.439 e. The maximum absolute atomic E-state index is 14.1. The van der Waals surface area contributed by atoms with Gasteiger partial charge in [0.2, 0.25) is 5.91 Å². The van der Waals surface area contributed by atoms with Gasteiger partial charge in [0, 0.05) is 45.0 Å². The number of carbonyl (C=O) groups excluding carboxylic acids is 4. The van der Waals surface area contributed by atoms with Gasteiger partial charge in [-0.25, -0.2) is 27.6 Å². The number of nitrogens with zero attached hydrogens (tertiary/aromatic N) is 4. The second kappa shape index (κ2) is 20.0. The van der Waals surface area contributed by atoms with Crippen LogP contribution in [0.4, 0.5) is 25.8 Å². The highest BCUT2D eigenvalue weighted by Gasteiger charge is 2.43. The van der Waals surface area contributed by atoms with E-state index < -0.39 is 70.6 Å². The summed E-state index contributed by atoms with van der Waals surface area (Å²) in [4.78, 5) is 73.6. The molecule has 1 aromatic heterocycles. The molecular formula is C47H61N5O11SSi. The number of ether oxygens (including phenoxy) is 3. The van der Waals surface area contributed by atoms with Gasteiger partial charge in [0.05, 0.1) is 29.0 Å². The number of nitrogens with one attached hydrogen (secondary N) is 1. The number of rotatable bonds is 16. The largest absolute Gasteiger partial charge is 0.479 e. The van der Waals surface area contributed by atoms with Gasteiger partial charge in [-0.15, -0.1) is 5.01 Å². The summed E-state index contributed by atoms with van der Waals surface area (Å²) in [6, 6.07) is 16.6. The number of carbonyl (C=O) groups is 5. The Bertz CT molecular complexity index is 2500. The lowest BCUT2D eigenvalue weighted by Crippen LogP contribution is -2.56. The Morgan fingerprint density at radius 2 is 1.52 bits per heavy atom. The number of aromatic nitrogens is 1. The first kappa shape index (κ1) is 50.0. The van der Waals surface area contributed by atoms with Crippen LogP contribution in [0.1, 0.15) is 83.5 Å². The maximum atomic E-state index is 14.1. The molecule has 0 aliphatic heterocycles. The summed E-state index contributed by atoms with van der Waals surface area (Å²) in [6.07, 6.45) is 1.43. The minimum Gasteiger partial charge on any atom is -0.479 e. The average Bonchev–Trinajstić information content (AvgIpc) is 4.05. The number of carboxylic acids is 1. The molecule has 0 radical (unpaired) electrons.